The van der Waals surface area contributed by atoms with Crippen molar-refractivity contribution in [3.8, 4) is 0 Å². The van der Waals surface area contributed by atoms with Crippen molar-refractivity contribution in [2.75, 3.05) is 12.3 Å². The van der Waals surface area contributed by atoms with Crippen LogP contribution >= 0.6 is 0 Å². The van der Waals surface area contributed by atoms with Crippen LogP contribution in [0.25, 0.3) is 0 Å². The van der Waals surface area contributed by atoms with Crippen molar-refractivity contribution in [2.24, 2.45) is 0 Å². The Labute approximate surface area is 149 Å². The summed E-state index contributed by atoms with van der Waals surface area (Å²) < 4.78 is 24.0. The van der Waals surface area contributed by atoms with Gasteiger partial charge in [0.05, 0.1) is 10.6 Å². The number of aryl methyl sites for hydroxylation is 1. The van der Waals surface area contributed by atoms with Gasteiger partial charge in [-0.1, -0.05) is 37.3 Å². The van der Waals surface area contributed by atoms with Crippen LogP contribution in [0.5, 0.6) is 0 Å². The number of rotatable bonds is 5. The lowest BCUT2D eigenvalue weighted by Gasteiger charge is -2.25. The van der Waals surface area contributed by atoms with E-state index in [4.69, 9.17) is 0 Å². The second kappa shape index (κ2) is 7.40. The van der Waals surface area contributed by atoms with Crippen LogP contribution in [-0.2, 0) is 16.3 Å². The molecule has 0 aliphatic heterocycles. The monoisotopic (exact) mass is 357 g/mol. The van der Waals surface area contributed by atoms with Crippen LogP contribution in [-0.4, -0.2) is 26.6 Å². The molecule has 25 heavy (non-hydrogen) atoms. The van der Waals surface area contributed by atoms with Crippen molar-refractivity contribution in [1.29, 1.82) is 0 Å². The van der Waals surface area contributed by atoms with Gasteiger partial charge in [-0.3, -0.25) is 4.79 Å². The summed E-state index contributed by atoms with van der Waals surface area (Å²) in [5.41, 5.74) is 3.07. The fourth-order valence-corrected chi connectivity index (χ4v) is 4.31. The number of carbonyl (C=O) groups excluding carboxylic acids is 1. The third kappa shape index (κ3) is 3.93. The molecule has 1 aliphatic carbocycles. The molecule has 0 saturated heterocycles. The lowest BCUT2D eigenvalue weighted by Crippen LogP contribution is -2.30. The van der Waals surface area contributed by atoms with E-state index < -0.39 is 9.84 Å². The van der Waals surface area contributed by atoms with Gasteiger partial charge in [-0.15, -0.1) is 0 Å². The quantitative estimate of drug-likeness (QED) is 0.893. The van der Waals surface area contributed by atoms with Gasteiger partial charge in [-0.05, 0) is 48.6 Å². The summed E-state index contributed by atoms with van der Waals surface area (Å²) in [6, 6.07) is 14.7. The first-order valence-corrected chi connectivity index (χ1v) is 10.4. The van der Waals surface area contributed by atoms with Gasteiger partial charge in [0.2, 0.25) is 0 Å². The molecule has 2 aromatic carbocycles. The Kier molecular flexibility index (Phi) is 5.23. The Morgan fingerprint density at radius 3 is 2.76 bits per heavy atom. The minimum Gasteiger partial charge on any atom is -0.351 e. The van der Waals surface area contributed by atoms with E-state index in [2.05, 4.69) is 23.5 Å². The van der Waals surface area contributed by atoms with E-state index in [0.29, 0.717) is 18.0 Å². The van der Waals surface area contributed by atoms with Crippen LogP contribution in [0.1, 0.15) is 47.2 Å². The highest BCUT2D eigenvalue weighted by Crippen LogP contribution is 2.30. The Morgan fingerprint density at radius 2 is 1.96 bits per heavy atom. The fraction of sp³-hybridized carbons (Fsp3) is 0.350. The zero-order chi connectivity index (χ0) is 17.9. The van der Waals surface area contributed by atoms with Crippen LogP contribution in [0, 0.1) is 0 Å². The maximum absolute atomic E-state index is 12.5. The van der Waals surface area contributed by atoms with Gasteiger partial charge in [-0.2, -0.15) is 0 Å². The average Bonchev–Trinajstić information content (AvgIpc) is 2.66. The lowest BCUT2D eigenvalue weighted by molar-refractivity contribution is 0.0950. The molecule has 0 fully saturated rings. The Balaban J connectivity index is 1.71. The minimum absolute atomic E-state index is 0.0247. The van der Waals surface area contributed by atoms with Crippen LogP contribution in [0.2, 0.25) is 0 Å². The minimum atomic E-state index is -3.31. The number of hydrogen-bond donors (Lipinski definition) is 1. The summed E-state index contributed by atoms with van der Waals surface area (Å²) in [6.07, 6.45) is 3.28. The molecule has 1 aliphatic rings. The maximum atomic E-state index is 12.5. The summed E-state index contributed by atoms with van der Waals surface area (Å²) >= 11 is 0. The molecule has 5 heteroatoms. The summed E-state index contributed by atoms with van der Waals surface area (Å²) in [7, 11) is -3.31. The molecular formula is C20H23NO3S. The predicted octanol–water partition coefficient (Wildman–Crippen LogP) is 3.33. The standard InChI is InChI=1S/C20H23NO3S/c1-2-25(23,24)18-11-6-9-16(13-18)20(22)21-14-17-10-5-8-15-7-3-4-12-19(15)17/h3-4,6-7,9,11-13,17H,2,5,8,10,14H2,1H3,(H,21,22). The van der Waals surface area contributed by atoms with Crippen molar-refractivity contribution in [3.05, 3.63) is 65.2 Å². The normalized spacial score (nSPS) is 16.9. The maximum Gasteiger partial charge on any atom is 0.251 e. The SMILES string of the molecule is CCS(=O)(=O)c1cccc(C(=O)NCC2CCCc3ccccc32)c1. The molecule has 132 valence electrons. The van der Waals surface area contributed by atoms with Crippen molar-refractivity contribution in [2.45, 2.75) is 37.0 Å². The van der Waals surface area contributed by atoms with E-state index in [9.17, 15) is 13.2 Å². The molecule has 0 radical (unpaired) electrons. The molecule has 3 rings (SSSR count). The van der Waals surface area contributed by atoms with Crippen molar-refractivity contribution < 1.29 is 13.2 Å². The summed E-state index contributed by atoms with van der Waals surface area (Å²) in [6.45, 7) is 2.17. The number of benzene rings is 2. The van der Waals surface area contributed by atoms with Gasteiger partial charge in [0.1, 0.15) is 0 Å². The van der Waals surface area contributed by atoms with Crippen LogP contribution in [0.4, 0.5) is 0 Å². The second-order valence-electron chi connectivity index (χ2n) is 6.43. The molecular weight excluding hydrogens is 334 g/mol. The van der Waals surface area contributed by atoms with E-state index >= 15 is 0 Å². The topological polar surface area (TPSA) is 63.2 Å². The zero-order valence-corrected chi connectivity index (χ0v) is 15.2. The van der Waals surface area contributed by atoms with E-state index in [-0.39, 0.29) is 16.6 Å². The fourth-order valence-electron chi connectivity index (χ4n) is 3.38. The van der Waals surface area contributed by atoms with Crippen molar-refractivity contribution in [3.63, 3.8) is 0 Å². The molecule has 0 aromatic heterocycles. The molecule has 1 atom stereocenters. The third-order valence-electron chi connectivity index (χ3n) is 4.84. The molecule has 4 nitrogen and oxygen atoms in total. The van der Waals surface area contributed by atoms with Gasteiger partial charge in [0.15, 0.2) is 9.84 Å². The van der Waals surface area contributed by atoms with Crippen LogP contribution in [0.15, 0.2) is 53.4 Å². The van der Waals surface area contributed by atoms with Crippen LogP contribution in [0.3, 0.4) is 0 Å². The smallest absolute Gasteiger partial charge is 0.251 e. The molecule has 0 saturated carbocycles. The van der Waals surface area contributed by atoms with Crippen LogP contribution < -0.4 is 5.32 Å². The average molecular weight is 357 g/mol. The third-order valence-corrected chi connectivity index (χ3v) is 6.57. The second-order valence-corrected chi connectivity index (χ2v) is 8.71. The summed E-state index contributed by atoms with van der Waals surface area (Å²) in [5, 5.41) is 2.97. The molecule has 0 spiro atoms. The van der Waals surface area contributed by atoms with Gasteiger partial charge in [-0.25, -0.2) is 8.42 Å². The number of nitrogens with one attached hydrogen (secondary N) is 1. The van der Waals surface area contributed by atoms with E-state index in [1.165, 1.54) is 23.3 Å². The summed E-state index contributed by atoms with van der Waals surface area (Å²) in [4.78, 5) is 12.7. The lowest BCUT2D eigenvalue weighted by atomic mass is 9.83. The van der Waals surface area contributed by atoms with E-state index in [0.717, 1.165) is 19.3 Å². The highest BCUT2D eigenvalue weighted by Gasteiger charge is 2.21. The highest BCUT2D eigenvalue weighted by atomic mass is 32.2. The number of carbonyl (C=O) groups is 1. The van der Waals surface area contributed by atoms with Gasteiger partial charge < -0.3 is 5.32 Å². The first-order valence-electron chi connectivity index (χ1n) is 8.70. The van der Waals surface area contributed by atoms with E-state index in [1.54, 1.807) is 19.1 Å². The highest BCUT2D eigenvalue weighted by molar-refractivity contribution is 7.91. The predicted molar refractivity (Wildman–Crippen MR) is 98.6 cm³/mol. The number of amides is 1. The molecule has 1 N–H and O–H groups in total. The van der Waals surface area contributed by atoms with Gasteiger partial charge in [0, 0.05) is 18.0 Å². The van der Waals surface area contributed by atoms with Crippen molar-refractivity contribution in [1.82, 2.24) is 5.32 Å². The first-order chi connectivity index (χ1) is 12.0. The molecule has 2 aromatic rings. The van der Waals surface area contributed by atoms with E-state index in [1.807, 2.05) is 6.07 Å². The Morgan fingerprint density at radius 1 is 1.16 bits per heavy atom. The first kappa shape index (κ1) is 17.7. The Hall–Kier alpha value is -2.14. The summed E-state index contributed by atoms with van der Waals surface area (Å²) in [5.74, 6) is 0.115. The zero-order valence-electron chi connectivity index (χ0n) is 14.4. The Bertz CT molecular complexity index is 874. The van der Waals surface area contributed by atoms with Gasteiger partial charge >= 0.3 is 0 Å². The number of hydrogen-bond acceptors (Lipinski definition) is 3. The molecule has 1 unspecified atom stereocenters. The number of fused-ring (bicyclic) bond motifs is 1. The molecule has 1 amide bonds. The molecule has 0 heterocycles. The largest absolute Gasteiger partial charge is 0.351 e. The van der Waals surface area contributed by atoms with Crippen molar-refractivity contribution >= 4 is 15.7 Å². The molecule has 0 bridgehead atoms. The van der Waals surface area contributed by atoms with Gasteiger partial charge in [0.25, 0.3) is 5.91 Å². The number of sulfone groups is 1.